The number of hydrogen-bond acceptors (Lipinski definition) is 5. The molecule has 2 saturated carbocycles. The molecule has 2 aromatic carbocycles. The van der Waals surface area contributed by atoms with Gasteiger partial charge in [-0.05, 0) is 60.1 Å². The lowest BCUT2D eigenvalue weighted by Crippen LogP contribution is -2.42. The van der Waals surface area contributed by atoms with E-state index in [1.54, 1.807) is 12.1 Å². The Morgan fingerprint density at radius 1 is 0.946 bits per heavy atom. The second kappa shape index (κ2) is 7.80. The van der Waals surface area contributed by atoms with Crippen LogP contribution in [0, 0.1) is 35.4 Å². The monoisotopic (exact) mass is 546 g/mol. The van der Waals surface area contributed by atoms with E-state index in [1.165, 1.54) is 36.0 Å². The number of hydrogen-bond donors (Lipinski definition) is 1. The Kier molecular flexibility index (Phi) is 4.89. The fraction of sp³-hybridized carbons (Fsp3) is 0.346. The van der Waals surface area contributed by atoms with Crippen molar-refractivity contribution < 1.29 is 27.2 Å². The number of alkyl halides is 3. The van der Waals surface area contributed by atoms with Gasteiger partial charge in [0.25, 0.3) is 0 Å². The minimum Gasteiger partial charge on any atom is -0.307 e. The van der Waals surface area contributed by atoms with E-state index in [-0.39, 0.29) is 45.3 Å². The highest BCUT2D eigenvalue weighted by Crippen LogP contribution is 2.68. The Labute approximate surface area is 215 Å². The molecule has 5 nitrogen and oxygen atoms in total. The zero-order valence-electron chi connectivity index (χ0n) is 18.9. The molecule has 7 atom stereocenters. The number of anilines is 1. The van der Waals surface area contributed by atoms with E-state index < -0.39 is 35.4 Å². The summed E-state index contributed by atoms with van der Waals surface area (Å²) in [5, 5.41) is 0.679. The number of halogens is 4. The van der Waals surface area contributed by atoms with Crippen molar-refractivity contribution in [2.75, 3.05) is 4.90 Å². The number of carbonyl (C=O) groups is 2. The highest BCUT2D eigenvalue weighted by Gasteiger charge is 2.69. The summed E-state index contributed by atoms with van der Waals surface area (Å²) in [6, 6.07) is 10.5. The van der Waals surface area contributed by atoms with Crippen molar-refractivity contribution in [3.8, 4) is 0 Å². The van der Waals surface area contributed by atoms with Crippen LogP contribution >= 0.6 is 23.1 Å². The zero-order chi connectivity index (χ0) is 25.8. The van der Waals surface area contributed by atoms with Crippen molar-refractivity contribution in [2.45, 2.75) is 28.8 Å². The first-order valence-electron chi connectivity index (χ1n) is 11.8. The summed E-state index contributed by atoms with van der Waals surface area (Å²) in [5.41, 5.74) is -0.142. The van der Waals surface area contributed by atoms with Crippen molar-refractivity contribution >= 4 is 40.6 Å². The van der Waals surface area contributed by atoms with Gasteiger partial charge in [0.15, 0.2) is 0 Å². The molecule has 3 heterocycles. The van der Waals surface area contributed by atoms with Gasteiger partial charge in [-0.3, -0.25) is 19.3 Å². The van der Waals surface area contributed by atoms with Crippen molar-refractivity contribution in [1.82, 2.24) is 4.98 Å². The van der Waals surface area contributed by atoms with E-state index in [9.17, 15) is 31.9 Å². The van der Waals surface area contributed by atoms with E-state index in [4.69, 9.17) is 0 Å². The fourth-order valence-corrected chi connectivity index (χ4v) is 10.0. The lowest BCUT2D eigenvalue weighted by atomic mass is 9.68. The Hall–Kier alpha value is -2.92. The van der Waals surface area contributed by atoms with Crippen LogP contribution < -0.4 is 9.77 Å². The summed E-state index contributed by atoms with van der Waals surface area (Å²) in [6.07, 6.45) is -3.94. The lowest BCUT2D eigenvalue weighted by molar-refractivity contribution is -0.137. The van der Waals surface area contributed by atoms with Gasteiger partial charge in [0, 0.05) is 16.0 Å². The van der Waals surface area contributed by atoms with Crippen LogP contribution in [0.2, 0.25) is 0 Å². The third-order valence-electron chi connectivity index (χ3n) is 8.38. The molecule has 0 radical (unpaired) electrons. The second-order valence-corrected chi connectivity index (χ2v) is 12.3. The number of nitrogens with one attached hydrogen (secondary N) is 1. The van der Waals surface area contributed by atoms with Crippen LogP contribution in [0.1, 0.15) is 28.3 Å². The van der Waals surface area contributed by atoms with Crippen LogP contribution in [0.4, 0.5) is 23.2 Å². The van der Waals surface area contributed by atoms with Crippen LogP contribution in [0.25, 0.3) is 0 Å². The average Bonchev–Trinajstić information content (AvgIpc) is 3.58. The molecule has 1 N–H and O–H groups in total. The van der Waals surface area contributed by atoms with Crippen molar-refractivity contribution in [3.63, 3.8) is 0 Å². The van der Waals surface area contributed by atoms with Gasteiger partial charge in [-0.2, -0.15) is 13.2 Å². The third-order valence-corrected chi connectivity index (χ3v) is 11.0. The van der Waals surface area contributed by atoms with E-state index in [0.717, 1.165) is 43.8 Å². The molecule has 4 aliphatic rings. The number of imide groups is 1. The Morgan fingerprint density at radius 2 is 1.65 bits per heavy atom. The Morgan fingerprint density at radius 3 is 2.35 bits per heavy atom. The number of rotatable bonds is 2. The fourth-order valence-electron chi connectivity index (χ4n) is 7.14. The van der Waals surface area contributed by atoms with Gasteiger partial charge in [0.05, 0.1) is 28.1 Å². The van der Waals surface area contributed by atoms with Crippen LogP contribution in [0.15, 0.2) is 58.4 Å². The number of benzene rings is 2. The molecule has 11 heteroatoms. The summed E-state index contributed by atoms with van der Waals surface area (Å²) in [7, 11) is 0. The van der Waals surface area contributed by atoms with Gasteiger partial charge < -0.3 is 4.98 Å². The summed E-state index contributed by atoms with van der Waals surface area (Å²) in [4.78, 5) is 44.0. The number of thioether (sulfide) groups is 1. The van der Waals surface area contributed by atoms with E-state index in [1.807, 2.05) is 0 Å². The maximum atomic E-state index is 13.7. The molecule has 37 heavy (non-hydrogen) atoms. The molecule has 2 aliphatic carbocycles. The SMILES string of the molecule is O=C1[C@H]2[C@@H]3C[C@@H]([C@@H]2C(=O)N1c1cccc(C(F)(F)F)c1)[C@H]1[C@H](c2ccc(F)cc2)c2sc(=O)[nH]c2S[C@H]31. The van der Waals surface area contributed by atoms with Gasteiger partial charge >= 0.3 is 11.0 Å². The van der Waals surface area contributed by atoms with E-state index in [0.29, 0.717) is 6.42 Å². The third kappa shape index (κ3) is 3.26. The van der Waals surface area contributed by atoms with Gasteiger partial charge in [-0.15, -0.1) is 11.8 Å². The minimum atomic E-state index is -4.60. The molecule has 2 bridgehead atoms. The van der Waals surface area contributed by atoms with Crippen LogP contribution in [0.5, 0.6) is 0 Å². The summed E-state index contributed by atoms with van der Waals surface area (Å²) >= 11 is 2.63. The molecular weight excluding hydrogens is 528 g/mol. The number of aromatic amines is 1. The normalized spacial score (nSPS) is 32.0. The molecule has 2 aliphatic heterocycles. The molecule has 0 unspecified atom stereocenters. The highest BCUT2D eigenvalue weighted by molar-refractivity contribution is 8.00. The number of fused-ring (bicyclic) bond motifs is 9. The second-order valence-electron chi connectivity index (χ2n) is 10.1. The highest BCUT2D eigenvalue weighted by atomic mass is 32.2. The molecular formula is C26H18F4N2O3S2. The molecule has 2 amide bonds. The van der Waals surface area contributed by atoms with E-state index >= 15 is 0 Å². The quantitative estimate of drug-likeness (QED) is 0.351. The van der Waals surface area contributed by atoms with Crippen molar-refractivity contribution in [3.05, 3.63) is 80.0 Å². The number of H-pyrrole nitrogens is 1. The predicted octanol–water partition coefficient (Wildman–Crippen LogP) is 5.27. The zero-order valence-corrected chi connectivity index (χ0v) is 20.5. The molecule has 190 valence electrons. The van der Waals surface area contributed by atoms with Crippen LogP contribution in [0.3, 0.4) is 0 Å². The summed E-state index contributed by atoms with van der Waals surface area (Å²) in [5.74, 6) is -3.19. The molecule has 7 rings (SSSR count). The summed E-state index contributed by atoms with van der Waals surface area (Å²) in [6.45, 7) is 0. The largest absolute Gasteiger partial charge is 0.416 e. The van der Waals surface area contributed by atoms with Crippen LogP contribution in [-0.2, 0) is 15.8 Å². The smallest absolute Gasteiger partial charge is 0.307 e. The molecule has 1 saturated heterocycles. The average molecular weight is 547 g/mol. The summed E-state index contributed by atoms with van der Waals surface area (Å²) < 4.78 is 53.7. The van der Waals surface area contributed by atoms with Crippen molar-refractivity contribution in [2.24, 2.45) is 29.6 Å². The standard InChI is InChI=1S/C26H18F4N2O3S2/c27-12-6-4-10(5-7-12)16-17-14-9-15(20(17)36-22-21(16)37-25(35)31-22)19-18(14)23(33)32(24(19)34)13-3-1-2-11(8-13)26(28,29)30/h1-8,14-20H,9H2,(H,31,35)/t14-,15+,16+,17+,18+,19+,20-/m1/s1. The van der Waals surface area contributed by atoms with Gasteiger partial charge in [0.2, 0.25) is 11.8 Å². The van der Waals surface area contributed by atoms with Crippen LogP contribution in [-0.4, -0.2) is 22.0 Å². The number of thiazole rings is 1. The molecule has 0 spiro atoms. The molecule has 1 aromatic heterocycles. The molecule has 3 aromatic rings. The molecule has 3 fully saturated rings. The van der Waals surface area contributed by atoms with Gasteiger partial charge in [-0.25, -0.2) is 4.39 Å². The number of carbonyl (C=O) groups excluding carboxylic acids is 2. The minimum absolute atomic E-state index is 0.0581. The number of amides is 2. The van der Waals surface area contributed by atoms with Crippen molar-refractivity contribution in [1.29, 1.82) is 0 Å². The Bertz CT molecular complexity index is 1510. The van der Waals surface area contributed by atoms with Gasteiger partial charge in [0.1, 0.15) is 5.82 Å². The maximum absolute atomic E-state index is 13.7. The number of aromatic nitrogens is 1. The van der Waals surface area contributed by atoms with E-state index in [2.05, 4.69) is 4.98 Å². The first-order valence-corrected chi connectivity index (χ1v) is 13.5. The predicted molar refractivity (Wildman–Crippen MR) is 129 cm³/mol. The first-order chi connectivity index (χ1) is 17.6. The first kappa shape index (κ1) is 23.2. The van der Waals surface area contributed by atoms with Gasteiger partial charge in [-0.1, -0.05) is 29.5 Å². The topological polar surface area (TPSA) is 70.2 Å². The Balaban J connectivity index is 1.30. The number of nitrogens with zero attached hydrogens (tertiary/aromatic N) is 1. The lowest BCUT2D eigenvalue weighted by Gasteiger charge is -2.43. The maximum Gasteiger partial charge on any atom is 0.416 e.